The third kappa shape index (κ3) is 9.18. The Kier molecular flexibility index (Phi) is 9.99. The lowest BCUT2D eigenvalue weighted by Gasteiger charge is -2.11. The maximum atomic E-state index is 13.7. The van der Waals surface area contributed by atoms with Gasteiger partial charge in [-0.25, -0.2) is 17.5 Å². The van der Waals surface area contributed by atoms with Crippen LogP contribution >= 0.6 is 15.9 Å². The van der Waals surface area contributed by atoms with Gasteiger partial charge >= 0.3 is 0 Å². The van der Waals surface area contributed by atoms with Crippen molar-refractivity contribution in [2.75, 3.05) is 31.9 Å². The van der Waals surface area contributed by atoms with Gasteiger partial charge in [0.1, 0.15) is 5.82 Å². The van der Waals surface area contributed by atoms with Crippen molar-refractivity contribution >= 4 is 31.9 Å². The monoisotopic (exact) mass is 436 g/mol. The molecule has 0 bridgehead atoms. The number of nitrogens with one attached hydrogen (secondary N) is 3. The van der Waals surface area contributed by atoms with E-state index in [4.69, 9.17) is 0 Å². The van der Waals surface area contributed by atoms with Crippen LogP contribution in [0.4, 0.5) is 4.39 Å². The predicted octanol–water partition coefficient (Wildman–Crippen LogP) is 2.02. The molecule has 0 heterocycles. The first-order chi connectivity index (χ1) is 11.9. The van der Waals surface area contributed by atoms with Crippen LogP contribution < -0.4 is 15.4 Å². The maximum Gasteiger partial charge on any atom is 0.211 e. The molecule has 0 amide bonds. The van der Waals surface area contributed by atoms with Crippen LogP contribution in [-0.2, 0) is 16.4 Å². The Balaban J connectivity index is 2.39. The van der Waals surface area contributed by atoms with Crippen LogP contribution in [0, 0.1) is 5.82 Å². The molecule has 0 saturated carbocycles. The van der Waals surface area contributed by atoms with Crippen LogP contribution in [0.1, 0.15) is 25.8 Å². The van der Waals surface area contributed by atoms with Gasteiger partial charge in [-0.15, -0.1) is 0 Å². The first-order valence-corrected chi connectivity index (χ1v) is 10.8. The molecular weight excluding hydrogens is 411 g/mol. The molecule has 1 aromatic carbocycles. The van der Waals surface area contributed by atoms with Crippen LogP contribution in [0.3, 0.4) is 0 Å². The van der Waals surface area contributed by atoms with Gasteiger partial charge in [-0.2, -0.15) is 0 Å². The molecule has 1 rings (SSSR count). The van der Waals surface area contributed by atoms with Gasteiger partial charge in [0.15, 0.2) is 5.96 Å². The molecule has 0 saturated heterocycles. The van der Waals surface area contributed by atoms with Crippen molar-refractivity contribution in [2.45, 2.75) is 26.7 Å². The quantitative estimate of drug-likeness (QED) is 0.297. The molecule has 0 spiro atoms. The Morgan fingerprint density at radius 3 is 2.64 bits per heavy atom. The van der Waals surface area contributed by atoms with Gasteiger partial charge in [0, 0.05) is 30.7 Å². The molecule has 0 radical (unpaired) electrons. The minimum absolute atomic E-state index is 0.0633. The topological polar surface area (TPSA) is 82.6 Å². The molecule has 0 aromatic heterocycles. The van der Waals surface area contributed by atoms with Gasteiger partial charge in [0.25, 0.3) is 0 Å². The van der Waals surface area contributed by atoms with Crippen LogP contribution in [-0.4, -0.2) is 46.3 Å². The summed E-state index contributed by atoms with van der Waals surface area (Å²) in [7, 11) is -3.18. The van der Waals surface area contributed by atoms with E-state index in [1.807, 2.05) is 13.0 Å². The highest BCUT2D eigenvalue weighted by molar-refractivity contribution is 9.10. The van der Waals surface area contributed by atoms with E-state index in [9.17, 15) is 12.8 Å². The summed E-state index contributed by atoms with van der Waals surface area (Å²) in [6.45, 7) is 5.53. The fourth-order valence-electron chi connectivity index (χ4n) is 2.02. The molecule has 25 heavy (non-hydrogen) atoms. The number of nitrogens with zero attached hydrogens (tertiary/aromatic N) is 1. The maximum absolute atomic E-state index is 13.7. The first-order valence-electron chi connectivity index (χ1n) is 8.31. The Hall–Kier alpha value is -1.19. The molecule has 6 nitrogen and oxygen atoms in total. The molecule has 9 heteroatoms. The van der Waals surface area contributed by atoms with Gasteiger partial charge in [-0.05, 0) is 44.4 Å². The molecule has 0 atom stereocenters. The van der Waals surface area contributed by atoms with Crippen LogP contribution in [0.15, 0.2) is 27.7 Å². The van der Waals surface area contributed by atoms with Crippen molar-refractivity contribution in [2.24, 2.45) is 4.99 Å². The third-order valence-electron chi connectivity index (χ3n) is 3.35. The average molecular weight is 437 g/mol. The van der Waals surface area contributed by atoms with Crippen molar-refractivity contribution in [1.82, 2.24) is 15.4 Å². The summed E-state index contributed by atoms with van der Waals surface area (Å²) in [5.74, 6) is 0.467. The fourth-order valence-corrected chi connectivity index (χ4v) is 2.97. The van der Waals surface area contributed by atoms with E-state index < -0.39 is 10.0 Å². The molecule has 3 N–H and O–H groups in total. The smallest absolute Gasteiger partial charge is 0.211 e. The molecule has 0 aliphatic heterocycles. The van der Waals surface area contributed by atoms with Gasteiger partial charge in [-0.1, -0.05) is 22.0 Å². The highest BCUT2D eigenvalue weighted by Gasteiger charge is 2.05. The SMILES string of the molecule is CCNC(=NCCCc1ccc(Br)cc1F)NCCNS(=O)(=O)CC. The zero-order valence-corrected chi connectivity index (χ0v) is 17.0. The summed E-state index contributed by atoms with van der Waals surface area (Å²) in [6.07, 6.45) is 1.33. The molecule has 142 valence electrons. The van der Waals surface area contributed by atoms with Gasteiger partial charge in [0.2, 0.25) is 10.0 Å². The van der Waals surface area contributed by atoms with Gasteiger partial charge in [-0.3, -0.25) is 4.99 Å². The molecule has 0 aliphatic carbocycles. The second-order valence-corrected chi connectivity index (χ2v) is 8.34. The summed E-state index contributed by atoms with van der Waals surface area (Å²) in [5, 5.41) is 6.16. The van der Waals surface area contributed by atoms with E-state index in [1.54, 1.807) is 13.0 Å². The van der Waals surface area contributed by atoms with Crippen molar-refractivity contribution in [3.8, 4) is 0 Å². The standard InChI is InChI=1S/C16H26BrFN4O2S/c1-3-19-16(21-10-11-22-25(23,24)4-2)20-9-5-6-13-7-8-14(17)12-15(13)18/h7-8,12,22H,3-6,9-11H2,1-2H3,(H2,19,20,21). The number of hydrogen-bond donors (Lipinski definition) is 3. The summed E-state index contributed by atoms with van der Waals surface area (Å²) >= 11 is 3.24. The highest BCUT2D eigenvalue weighted by atomic mass is 79.9. The average Bonchev–Trinajstić information content (AvgIpc) is 2.57. The number of guanidine groups is 1. The number of halogens is 2. The fraction of sp³-hybridized carbons (Fsp3) is 0.562. The van der Waals surface area contributed by atoms with Gasteiger partial charge in [0.05, 0.1) is 5.75 Å². The summed E-state index contributed by atoms with van der Waals surface area (Å²) in [4.78, 5) is 4.42. The molecule has 0 fully saturated rings. The van der Waals surface area contributed by atoms with Crippen molar-refractivity contribution in [3.05, 3.63) is 34.1 Å². The Bertz CT molecular complexity index is 668. The summed E-state index contributed by atoms with van der Waals surface area (Å²) < 4.78 is 39.6. The predicted molar refractivity (Wildman–Crippen MR) is 104 cm³/mol. The number of hydrogen-bond acceptors (Lipinski definition) is 3. The number of aliphatic imine (C=N–C) groups is 1. The zero-order chi connectivity index (χ0) is 18.7. The summed E-state index contributed by atoms with van der Waals surface area (Å²) in [5.41, 5.74) is 0.672. The number of sulfonamides is 1. The number of benzene rings is 1. The van der Waals surface area contributed by atoms with E-state index in [-0.39, 0.29) is 11.6 Å². The van der Waals surface area contributed by atoms with E-state index in [0.717, 1.165) is 10.9 Å². The minimum Gasteiger partial charge on any atom is -0.357 e. The normalized spacial score (nSPS) is 12.2. The molecule has 0 unspecified atom stereocenters. The van der Waals surface area contributed by atoms with Crippen molar-refractivity contribution in [3.63, 3.8) is 0 Å². The van der Waals surface area contributed by atoms with Crippen molar-refractivity contribution < 1.29 is 12.8 Å². The first kappa shape index (κ1) is 21.9. The van der Waals surface area contributed by atoms with E-state index in [0.29, 0.717) is 44.1 Å². The third-order valence-corrected chi connectivity index (χ3v) is 5.25. The second-order valence-electron chi connectivity index (χ2n) is 5.32. The van der Waals surface area contributed by atoms with E-state index >= 15 is 0 Å². The molecule has 0 aliphatic rings. The Labute approximate surface area is 157 Å². The lowest BCUT2D eigenvalue weighted by atomic mass is 10.1. The van der Waals surface area contributed by atoms with Crippen LogP contribution in [0.5, 0.6) is 0 Å². The Morgan fingerprint density at radius 2 is 2.00 bits per heavy atom. The zero-order valence-electron chi connectivity index (χ0n) is 14.6. The second kappa shape index (κ2) is 11.4. The lowest BCUT2D eigenvalue weighted by Crippen LogP contribution is -2.41. The van der Waals surface area contributed by atoms with Gasteiger partial charge < -0.3 is 10.6 Å². The number of aryl methyl sites for hydroxylation is 1. The number of rotatable bonds is 10. The summed E-state index contributed by atoms with van der Waals surface area (Å²) in [6, 6.07) is 5.05. The minimum atomic E-state index is -3.18. The van der Waals surface area contributed by atoms with Crippen molar-refractivity contribution in [1.29, 1.82) is 0 Å². The van der Waals surface area contributed by atoms with Crippen LogP contribution in [0.2, 0.25) is 0 Å². The molecular formula is C16H26BrFN4O2S. The molecule has 1 aromatic rings. The lowest BCUT2D eigenvalue weighted by molar-refractivity contribution is 0.581. The van der Waals surface area contributed by atoms with Crippen LogP contribution in [0.25, 0.3) is 0 Å². The largest absolute Gasteiger partial charge is 0.357 e. The Morgan fingerprint density at radius 1 is 1.24 bits per heavy atom. The van der Waals surface area contributed by atoms with E-state index in [1.165, 1.54) is 6.07 Å². The van der Waals surface area contributed by atoms with E-state index in [2.05, 4.69) is 36.3 Å². The highest BCUT2D eigenvalue weighted by Crippen LogP contribution is 2.16.